The summed E-state index contributed by atoms with van der Waals surface area (Å²) in [6, 6.07) is 1.68. The van der Waals surface area contributed by atoms with E-state index in [2.05, 4.69) is 26.7 Å². The average molecular weight is 295 g/mol. The third kappa shape index (κ3) is 4.18. The normalized spacial score (nSPS) is 17.6. The van der Waals surface area contributed by atoms with Gasteiger partial charge >= 0.3 is 0 Å². The van der Waals surface area contributed by atoms with Crippen molar-refractivity contribution in [3.63, 3.8) is 0 Å². The molecule has 0 radical (unpaired) electrons. The summed E-state index contributed by atoms with van der Waals surface area (Å²) in [5.41, 5.74) is 5.69. The Morgan fingerprint density at radius 1 is 1.14 bits per heavy atom. The number of nitrogens with zero attached hydrogens (tertiary/aromatic N) is 4. The average Bonchev–Trinajstić information content (AvgIpc) is 2.54. The van der Waals surface area contributed by atoms with Gasteiger partial charge in [0.25, 0.3) is 0 Å². The summed E-state index contributed by atoms with van der Waals surface area (Å²) >= 11 is 0. The highest BCUT2D eigenvalue weighted by atomic mass is 16.5. The third-order valence-corrected chi connectivity index (χ3v) is 3.71. The molecule has 1 saturated heterocycles. The first-order valence-corrected chi connectivity index (χ1v) is 7.30. The van der Waals surface area contributed by atoms with Gasteiger partial charge in [-0.05, 0) is 12.5 Å². The molecule has 0 spiro atoms. The first-order valence-electron chi connectivity index (χ1n) is 7.30. The van der Waals surface area contributed by atoms with E-state index in [1.165, 1.54) is 0 Å². The Bertz CT molecular complexity index is 427. The Morgan fingerprint density at radius 3 is 2.19 bits per heavy atom. The molecule has 21 heavy (non-hydrogen) atoms. The summed E-state index contributed by atoms with van der Waals surface area (Å²) < 4.78 is 10.4. The van der Waals surface area contributed by atoms with Gasteiger partial charge in [-0.3, -0.25) is 4.90 Å². The van der Waals surface area contributed by atoms with E-state index in [-0.39, 0.29) is 0 Å². The Kier molecular flexibility index (Phi) is 5.58. The molecule has 0 saturated carbocycles. The Morgan fingerprint density at radius 2 is 1.71 bits per heavy atom. The van der Waals surface area contributed by atoms with Gasteiger partial charge < -0.3 is 20.1 Å². The monoisotopic (exact) mass is 295 g/mol. The summed E-state index contributed by atoms with van der Waals surface area (Å²) in [7, 11) is 3.19. The molecule has 2 heterocycles. The molecule has 1 aromatic rings. The molecule has 0 bridgehead atoms. The van der Waals surface area contributed by atoms with E-state index in [1.54, 1.807) is 20.3 Å². The van der Waals surface area contributed by atoms with Gasteiger partial charge in [-0.25, -0.2) is 0 Å². The molecule has 7 nitrogen and oxygen atoms in total. The van der Waals surface area contributed by atoms with Gasteiger partial charge in [-0.15, -0.1) is 0 Å². The predicted molar refractivity (Wildman–Crippen MR) is 82.0 cm³/mol. The molecule has 7 heteroatoms. The topological polar surface area (TPSA) is 76.7 Å². The van der Waals surface area contributed by atoms with Crippen molar-refractivity contribution < 1.29 is 9.47 Å². The molecule has 0 amide bonds. The Labute approximate surface area is 126 Å². The first-order chi connectivity index (χ1) is 10.2. The van der Waals surface area contributed by atoms with Crippen molar-refractivity contribution in [1.82, 2.24) is 14.9 Å². The maximum atomic E-state index is 5.69. The van der Waals surface area contributed by atoms with Crippen LogP contribution < -0.4 is 20.1 Å². The number of piperazine rings is 1. The molecule has 0 aromatic carbocycles. The largest absolute Gasteiger partial charge is 0.481 e. The lowest BCUT2D eigenvalue weighted by molar-refractivity contribution is 0.226. The minimum atomic E-state index is 0.524. The standard InChI is InChI=1S/C14H25N5O2/c1-11(9-15)10-18-4-6-19(7-5-18)14-16-12(20-2)8-13(17-14)21-3/h8,11H,4-7,9-10,15H2,1-3H3. The van der Waals surface area contributed by atoms with Crippen molar-refractivity contribution in [2.45, 2.75) is 6.92 Å². The Hall–Kier alpha value is -1.60. The highest BCUT2D eigenvalue weighted by molar-refractivity contribution is 5.37. The van der Waals surface area contributed by atoms with E-state index in [0.717, 1.165) is 39.3 Å². The van der Waals surface area contributed by atoms with Crippen molar-refractivity contribution in [3.8, 4) is 11.8 Å². The number of hydrogen-bond acceptors (Lipinski definition) is 7. The van der Waals surface area contributed by atoms with E-state index >= 15 is 0 Å². The maximum Gasteiger partial charge on any atom is 0.232 e. The zero-order chi connectivity index (χ0) is 15.2. The molecule has 2 N–H and O–H groups in total. The second-order valence-corrected chi connectivity index (χ2v) is 5.38. The summed E-state index contributed by atoms with van der Waals surface area (Å²) in [5.74, 6) is 2.24. The molecule has 2 rings (SSSR count). The fraction of sp³-hybridized carbons (Fsp3) is 0.714. The summed E-state index contributed by atoms with van der Waals surface area (Å²) in [6.45, 7) is 7.74. The molecule has 1 aliphatic heterocycles. The van der Waals surface area contributed by atoms with Gasteiger partial charge in [0.15, 0.2) is 0 Å². The van der Waals surface area contributed by atoms with Crippen molar-refractivity contribution >= 4 is 5.95 Å². The van der Waals surface area contributed by atoms with Crippen LogP contribution in [0.2, 0.25) is 0 Å². The summed E-state index contributed by atoms with van der Waals surface area (Å²) in [4.78, 5) is 13.4. The Balaban J connectivity index is 1.98. The SMILES string of the molecule is COc1cc(OC)nc(N2CCN(CC(C)CN)CC2)n1. The van der Waals surface area contributed by atoms with Gasteiger partial charge in [-0.1, -0.05) is 6.92 Å². The van der Waals surface area contributed by atoms with Gasteiger partial charge in [-0.2, -0.15) is 9.97 Å². The van der Waals surface area contributed by atoms with Gasteiger partial charge in [0.05, 0.1) is 20.3 Å². The van der Waals surface area contributed by atoms with Crippen LogP contribution in [0.4, 0.5) is 5.95 Å². The molecular formula is C14H25N5O2. The highest BCUT2D eigenvalue weighted by Gasteiger charge is 2.21. The molecule has 0 aliphatic carbocycles. The van der Waals surface area contributed by atoms with Crippen LogP contribution in [-0.4, -0.2) is 68.4 Å². The van der Waals surface area contributed by atoms with Crippen LogP contribution in [0.3, 0.4) is 0 Å². The molecule has 1 atom stereocenters. The second-order valence-electron chi connectivity index (χ2n) is 5.38. The lowest BCUT2D eigenvalue weighted by Crippen LogP contribution is -2.48. The van der Waals surface area contributed by atoms with Crippen LogP contribution in [0.1, 0.15) is 6.92 Å². The minimum Gasteiger partial charge on any atom is -0.481 e. The number of nitrogens with two attached hydrogens (primary N) is 1. The van der Waals surface area contributed by atoms with Crippen molar-refractivity contribution in [2.75, 3.05) is 58.4 Å². The highest BCUT2D eigenvalue weighted by Crippen LogP contribution is 2.21. The van der Waals surface area contributed by atoms with Crippen LogP contribution in [0.5, 0.6) is 11.8 Å². The predicted octanol–water partition coefficient (Wildman–Crippen LogP) is 0.211. The number of anilines is 1. The fourth-order valence-corrected chi connectivity index (χ4v) is 2.39. The van der Waals surface area contributed by atoms with E-state index < -0.39 is 0 Å². The maximum absolute atomic E-state index is 5.69. The fourth-order valence-electron chi connectivity index (χ4n) is 2.39. The lowest BCUT2D eigenvalue weighted by atomic mass is 10.1. The van der Waals surface area contributed by atoms with E-state index in [0.29, 0.717) is 23.6 Å². The smallest absolute Gasteiger partial charge is 0.232 e. The quantitative estimate of drug-likeness (QED) is 0.804. The van der Waals surface area contributed by atoms with Crippen LogP contribution in [0.15, 0.2) is 6.07 Å². The number of rotatable bonds is 6. The van der Waals surface area contributed by atoms with Crippen molar-refractivity contribution in [3.05, 3.63) is 6.07 Å². The zero-order valence-electron chi connectivity index (χ0n) is 13.1. The lowest BCUT2D eigenvalue weighted by Gasteiger charge is -2.35. The van der Waals surface area contributed by atoms with Crippen LogP contribution in [-0.2, 0) is 0 Å². The van der Waals surface area contributed by atoms with Gasteiger partial charge in [0, 0.05) is 32.7 Å². The van der Waals surface area contributed by atoms with E-state index in [4.69, 9.17) is 15.2 Å². The van der Waals surface area contributed by atoms with Gasteiger partial charge in [0.1, 0.15) is 0 Å². The third-order valence-electron chi connectivity index (χ3n) is 3.71. The van der Waals surface area contributed by atoms with Crippen molar-refractivity contribution in [1.29, 1.82) is 0 Å². The van der Waals surface area contributed by atoms with E-state index in [9.17, 15) is 0 Å². The number of methoxy groups -OCH3 is 2. The summed E-state index contributed by atoms with van der Waals surface area (Å²) in [6.07, 6.45) is 0. The first kappa shape index (κ1) is 15.8. The van der Waals surface area contributed by atoms with Gasteiger partial charge in [0.2, 0.25) is 17.7 Å². The molecule has 1 fully saturated rings. The van der Waals surface area contributed by atoms with Crippen LogP contribution in [0, 0.1) is 5.92 Å². The second kappa shape index (κ2) is 7.42. The van der Waals surface area contributed by atoms with Crippen LogP contribution in [0.25, 0.3) is 0 Å². The number of ether oxygens (including phenoxy) is 2. The molecule has 118 valence electrons. The molecule has 1 aliphatic rings. The zero-order valence-corrected chi connectivity index (χ0v) is 13.1. The van der Waals surface area contributed by atoms with E-state index in [1.807, 2.05) is 0 Å². The van der Waals surface area contributed by atoms with Crippen LogP contribution >= 0.6 is 0 Å². The molecular weight excluding hydrogens is 270 g/mol. The number of aromatic nitrogens is 2. The summed E-state index contributed by atoms with van der Waals surface area (Å²) in [5, 5.41) is 0. The van der Waals surface area contributed by atoms with Crippen molar-refractivity contribution in [2.24, 2.45) is 11.7 Å². The number of hydrogen-bond donors (Lipinski definition) is 1. The molecule has 1 unspecified atom stereocenters. The molecule has 1 aromatic heterocycles. The minimum absolute atomic E-state index is 0.524.